The van der Waals surface area contributed by atoms with Crippen molar-refractivity contribution in [3.8, 4) is 0 Å². The third-order valence-corrected chi connectivity index (χ3v) is 9.13. The number of amides is 4. The monoisotopic (exact) mass is 646 g/mol. The maximum atomic E-state index is 14.4. The first kappa shape index (κ1) is 38.2. The van der Waals surface area contributed by atoms with Gasteiger partial charge < -0.3 is 26.2 Å². The van der Waals surface area contributed by atoms with E-state index >= 15 is 0 Å². The molecule has 0 saturated carbocycles. The van der Waals surface area contributed by atoms with E-state index in [0.29, 0.717) is 25.2 Å². The molecule has 11 heteroatoms. The molecule has 0 bridgehead atoms. The smallest absolute Gasteiger partial charge is 0.417 e. The molecule has 1 aromatic carbocycles. The summed E-state index contributed by atoms with van der Waals surface area (Å²) in [7, 11) is 0. The van der Waals surface area contributed by atoms with Crippen LogP contribution in [-0.4, -0.2) is 75.5 Å². The second kappa shape index (κ2) is 16.5. The van der Waals surface area contributed by atoms with Crippen molar-refractivity contribution in [3.63, 3.8) is 0 Å². The zero-order valence-corrected chi connectivity index (χ0v) is 29.5. The number of rotatable bonds is 16. The van der Waals surface area contributed by atoms with Gasteiger partial charge >= 0.3 is 12.1 Å². The number of hydrogen-bond acceptors (Lipinski definition) is 7. The van der Waals surface area contributed by atoms with Crippen molar-refractivity contribution < 1.29 is 28.7 Å². The second-order valence-electron chi connectivity index (χ2n) is 13.8. The normalized spacial score (nSPS) is 14.9. The number of carbonyl (C=O) groups is 3. The number of urea groups is 1. The second-order valence-corrected chi connectivity index (χ2v) is 14.7. The Kier molecular flexibility index (Phi) is 14.0. The van der Waals surface area contributed by atoms with Crippen molar-refractivity contribution in [2.24, 2.45) is 11.7 Å². The lowest BCUT2D eigenvalue weighted by Gasteiger charge is -2.41. The molecule has 10 nitrogen and oxygen atoms in total. The number of primary amides is 1. The van der Waals surface area contributed by atoms with Crippen LogP contribution in [0.2, 0.25) is 0 Å². The molecule has 0 fully saturated rings. The molecule has 0 spiro atoms. The van der Waals surface area contributed by atoms with Gasteiger partial charge in [0.1, 0.15) is 12.6 Å². The van der Waals surface area contributed by atoms with Gasteiger partial charge in [-0.1, -0.05) is 71.9 Å². The van der Waals surface area contributed by atoms with Crippen molar-refractivity contribution in [2.45, 2.75) is 117 Å². The molecular formula is C34H56N5O5S+. The summed E-state index contributed by atoms with van der Waals surface area (Å²) in [6.45, 7) is 18.7. The van der Waals surface area contributed by atoms with Gasteiger partial charge in [0.25, 0.3) is 5.91 Å². The summed E-state index contributed by atoms with van der Waals surface area (Å²) in [5.41, 5.74) is 4.94. The molecule has 2 rings (SSSR count). The fraction of sp³-hybridized carbons (Fsp3) is 0.647. The number of hydrogen-bond donors (Lipinski definition) is 4. The van der Waals surface area contributed by atoms with Gasteiger partial charge in [-0.2, -0.15) is 0 Å². The Bertz CT molecular complexity index is 1240. The molecule has 0 radical (unpaired) electrons. The maximum absolute atomic E-state index is 14.4. The minimum atomic E-state index is -1.68. The Morgan fingerprint density at radius 2 is 1.64 bits per heavy atom. The standard InChI is InChI=1S/C34H55N5O5S/c1-10-17-39(18-11-2,32(43)38-33(7,8)9)21-28(40)27(19-25-15-13-12-14-16-25)37-30(41)34(24(5)6,44-31(35)42)20-26-22-45-29(36-26)23(3)4/h12-16,22-24,27-28,40H,10-11,17-21H2,1-9H3,(H3-,35,37,38,41,42,43)/p+1/t27-,28+,34-/m0/s1. The van der Waals surface area contributed by atoms with Crippen LogP contribution in [0.3, 0.4) is 0 Å². The van der Waals surface area contributed by atoms with E-state index in [1.807, 2.05) is 84.2 Å². The minimum Gasteiger partial charge on any atom is -0.432 e. The van der Waals surface area contributed by atoms with Crippen LogP contribution in [0.1, 0.15) is 97.3 Å². The van der Waals surface area contributed by atoms with Crippen LogP contribution in [0.5, 0.6) is 0 Å². The Labute approximate surface area is 273 Å². The van der Waals surface area contributed by atoms with Gasteiger partial charge in [-0.25, -0.2) is 19.1 Å². The van der Waals surface area contributed by atoms with Gasteiger partial charge in [-0.15, -0.1) is 11.3 Å². The number of nitrogens with two attached hydrogens (primary N) is 1. The number of quaternary nitrogens is 1. The molecule has 0 unspecified atom stereocenters. The fourth-order valence-electron chi connectivity index (χ4n) is 5.67. The summed E-state index contributed by atoms with van der Waals surface area (Å²) in [5, 5.41) is 20.9. The summed E-state index contributed by atoms with van der Waals surface area (Å²) in [6, 6.07) is 8.59. The zero-order chi connectivity index (χ0) is 34.0. The zero-order valence-electron chi connectivity index (χ0n) is 28.7. The van der Waals surface area contributed by atoms with Crippen LogP contribution in [0.25, 0.3) is 0 Å². The van der Waals surface area contributed by atoms with Crippen LogP contribution in [-0.2, 0) is 22.4 Å². The van der Waals surface area contributed by atoms with Gasteiger partial charge in [-0.05, 0) is 45.6 Å². The molecule has 0 aliphatic carbocycles. The first-order valence-corrected chi connectivity index (χ1v) is 17.0. The van der Waals surface area contributed by atoms with Crippen LogP contribution >= 0.6 is 11.3 Å². The van der Waals surface area contributed by atoms with E-state index in [-0.39, 0.29) is 29.4 Å². The third kappa shape index (κ3) is 10.8. The van der Waals surface area contributed by atoms with Gasteiger partial charge in [0, 0.05) is 29.2 Å². The quantitative estimate of drug-likeness (QED) is 0.177. The van der Waals surface area contributed by atoms with Crippen LogP contribution < -0.4 is 16.4 Å². The molecule has 4 amide bonds. The lowest BCUT2D eigenvalue weighted by atomic mass is 9.84. The molecule has 1 aromatic heterocycles. The number of aliphatic hydroxyl groups is 1. The Morgan fingerprint density at radius 1 is 1.04 bits per heavy atom. The Morgan fingerprint density at radius 3 is 2.11 bits per heavy atom. The summed E-state index contributed by atoms with van der Waals surface area (Å²) < 4.78 is 5.70. The number of nitrogens with zero attached hydrogens (tertiary/aromatic N) is 2. The third-order valence-electron chi connectivity index (χ3n) is 7.94. The summed E-state index contributed by atoms with van der Waals surface area (Å²) in [6.07, 6.45) is -0.395. The van der Waals surface area contributed by atoms with E-state index in [2.05, 4.69) is 10.6 Å². The maximum Gasteiger partial charge on any atom is 0.417 e. The lowest BCUT2D eigenvalue weighted by Crippen LogP contribution is -2.66. The van der Waals surface area contributed by atoms with E-state index in [9.17, 15) is 19.5 Å². The van der Waals surface area contributed by atoms with Crippen LogP contribution in [0.4, 0.5) is 9.59 Å². The van der Waals surface area contributed by atoms with E-state index in [1.165, 1.54) is 11.3 Å². The van der Waals surface area contributed by atoms with Crippen LogP contribution in [0, 0.1) is 5.92 Å². The average molecular weight is 647 g/mol. The van der Waals surface area contributed by atoms with Crippen molar-refractivity contribution >= 4 is 29.4 Å². The van der Waals surface area contributed by atoms with Crippen molar-refractivity contribution in [2.75, 3.05) is 19.6 Å². The number of carbonyl (C=O) groups excluding carboxylic acids is 3. The van der Waals surface area contributed by atoms with Gasteiger partial charge in [0.2, 0.25) is 0 Å². The Hall–Kier alpha value is -3.02. The summed E-state index contributed by atoms with van der Waals surface area (Å²) >= 11 is 1.49. The molecule has 0 aliphatic heterocycles. The topological polar surface area (TPSA) is 144 Å². The van der Waals surface area contributed by atoms with E-state index in [4.69, 9.17) is 15.5 Å². The summed E-state index contributed by atoms with van der Waals surface area (Å²) in [4.78, 5) is 45.1. The lowest BCUT2D eigenvalue weighted by molar-refractivity contribution is -0.854. The molecule has 2 aromatic rings. The molecule has 0 saturated heterocycles. The van der Waals surface area contributed by atoms with E-state index < -0.39 is 41.2 Å². The molecule has 0 aliphatic rings. The molecule has 1 heterocycles. The van der Waals surface area contributed by atoms with E-state index in [0.717, 1.165) is 23.4 Å². The Balaban J connectivity index is 2.56. The van der Waals surface area contributed by atoms with Gasteiger partial charge in [-0.3, -0.25) is 4.79 Å². The number of aliphatic hydroxyl groups excluding tert-OH is 1. The highest BCUT2D eigenvalue weighted by Crippen LogP contribution is 2.30. The highest BCUT2D eigenvalue weighted by Gasteiger charge is 2.48. The van der Waals surface area contributed by atoms with Crippen molar-refractivity contribution in [1.29, 1.82) is 0 Å². The molecular weight excluding hydrogens is 590 g/mol. The van der Waals surface area contributed by atoms with Crippen molar-refractivity contribution in [3.05, 3.63) is 52.0 Å². The summed E-state index contributed by atoms with van der Waals surface area (Å²) in [5.74, 6) is -0.844. The van der Waals surface area contributed by atoms with E-state index in [1.54, 1.807) is 13.8 Å². The average Bonchev–Trinajstić information content (AvgIpc) is 3.40. The number of ether oxygens (including phenoxy) is 1. The predicted octanol–water partition coefficient (Wildman–Crippen LogP) is 5.53. The number of benzene rings is 1. The highest BCUT2D eigenvalue weighted by atomic mass is 32.1. The predicted molar refractivity (Wildman–Crippen MR) is 180 cm³/mol. The van der Waals surface area contributed by atoms with Gasteiger partial charge in [0.05, 0.1) is 29.8 Å². The fourth-order valence-corrected chi connectivity index (χ4v) is 6.50. The van der Waals surface area contributed by atoms with Gasteiger partial charge in [0.15, 0.2) is 5.60 Å². The highest BCUT2D eigenvalue weighted by molar-refractivity contribution is 7.09. The van der Waals surface area contributed by atoms with Crippen molar-refractivity contribution in [1.82, 2.24) is 15.6 Å². The first-order valence-electron chi connectivity index (χ1n) is 16.1. The SMILES string of the molecule is CCC[N+](CCC)(C[C@@H](O)[C@H](Cc1ccccc1)NC(=O)[C@@](Cc1csc(C(C)C)n1)(OC(N)=O)C(C)C)C(=O)NC(C)(C)C. The molecule has 5 N–H and O–H groups in total. The number of thiazole rings is 1. The number of aromatic nitrogens is 1. The molecule has 3 atom stereocenters. The largest absolute Gasteiger partial charge is 0.432 e. The first-order chi connectivity index (χ1) is 21.0. The molecule has 45 heavy (non-hydrogen) atoms. The minimum absolute atomic E-state index is 0.0243. The van der Waals surface area contributed by atoms with Crippen LogP contribution in [0.15, 0.2) is 35.7 Å². The molecule has 252 valence electrons. The number of nitrogens with one attached hydrogen (secondary N) is 2.